The molecule has 4 heterocycles. The van der Waals surface area contributed by atoms with Crippen LogP contribution in [0, 0.1) is 11.8 Å². The molecule has 0 unspecified atom stereocenters. The van der Waals surface area contributed by atoms with E-state index in [1.165, 1.54) is 0 Å². The molecule has 2 saturated heterocycles. The first-order valence-electron chi connectivity index (χ1n) is 8.96. The highest BCUT2D eigenvalue weighted by molar-refractivity contribution is 7.21. The lowest BCUT2D eigenvalue weighted by molar-refractivity contribution is -0.137. The van der Waals surface area contributed by atoms with Gasteiger partial charge in [0.1, 0.15) is 10.3 Å². The molecule has 0 N–H and O–H groups in total. The molecule has 1 amide bonds. The van der Waals surface area contributed by atoms with Crippen molar-refractivity contribution in [2.75, 3.05) is 31.1 Å². The molecule has 0 bridgehead atoms. The van der Waals surface area contributed by atoms with Crippen LogP contribution in [0.25, 0.3) is 10.3 Å². The molecular formula is C18H24N4OS. The van der Waals surface area contributed by atoms with E-state index in [2.05, 4.69) is 21.7 Å². The molecule has 5 nitrogen and oxygen atoms in total. The molecule has 0 aromatic carbocycles. The zero-order chi connectivity index (χ0) is 16.5. The predicted molar refractivity (Wildman–Crippen MR) is 97.3 cm³/mol. The fourth-order valence-electron chi connectivity index (χ4n) is 3.70. The number of hydrogen-bond acceptors (Lipinski definition) is 5. The summed E-state index contributed by atoms with van der Waals surface area (Å²) in [5.41, 5.74) is 0.970. The molecule has 0 radical (unpaired) electrons. The van der Waals surface area contributed by atoms with Gasteiger partial charge in [-0.3, -0.25) is 4.79 Å². The lowest BCUT2D eigenvalue weighted by atomic mass is 9.93. The number of hydrogen-bond donors (Lipinski definition) is 0. The Morgan fingerprint density at radius 2 is 1.92 bits per heavy atom. The first kappa shape index (κ1) is 15.8. The van der Waals surface area contributed by atoms with Crippen molar-refractivity contribution in [2.24, 2.45) is 11.8 Å². The van der Waals surface area contributed by atoms with Crippen molar-refractivity contribution in [3.05, 3.63) is 18.3 Å². The summed E-state index contributed by atoms with van der Waals surface area (Å²) in [4.78, 5) is 27.2. The summed E-state index contributed by atoms with van der Waals surface area (Å²) >= 11 is 1.65. The lowest BCUT2D eigenvalue weighted by Gasteiger charge is -2.36. The van der Waals surface area contributed by atoms with Crippen LogP contribution < -0.4 is 4.90 Å². The number of nitrogens with zero attached hydrogens (tertiary/aromatic N) is 4. The van der Waals surface area contributed by atoms with Gasteiger partial charge in [0.2, 0.25) is 5.91 Å². The minimum atomic E-state index is 0.196. The van der Waals surface area contributed by atoms with Gasteiger partial charge in [-0.2, -0.15) is 0 Å². The molecular weight excluding hydrogens is 320 g/mol. The van der Waals surface area contributed by atoms with Gasteiger partial charge in [-0.25, -0.2) is 9.97 Å². The summed E-state index contributed by atoms with van der Waals surface area (Å²) in [5, 5.41) is 1.04. The van der Waals surface area contributed by atoms with E-state index in [1.807, 2.05) is 18.3 Å². The van der Waals surface area contributed by atoms with Gasteiger partial charge < -0.3 is 9.80 Å². The number of carbonyl (C=O) groups excluding carboxylic acids is 1. The number of piperidine rings is 2. The van der Waals surface area contributed by atoms with E-state index in [0.29, 0.717) is 5.91 Å². The van der Waals surface area contributed by atoms with Crippen LogP contribution in [-0.4, -0.2) is 47.0 Å². The third-order valence-corrected chi connectivity index (χ3v) is 6.41. The smallest absolute Gasteiger partial charge is 0.225 e. The summed E-state index contributed by atoms with van der Waals surface area (Å²) in [5.74, 6) is 1.35. The zero-order valence-corrected chi connectivity index (χ0v) is 15.0. The Bertz CT molecular complexity index is 682. The highest BCUT2D eigenvalue weighted by Gasteiger charge is 2.31. The van der Waals surface area contributed by atoms with Gasteiger partial charge in [0.15, 0.2) is 5.13 Å². The largest absolute Gasteiger partial charge is 0.348 e. The van der Waals surface area contributed by atoms with Crippen LogP contribution in [0.1, 0.15) is 32.6 Å². The molecule has 2 aliphatic heterocycles. The average molecular weight is 344 g/mol. The third kappa shape index (κ3) is 3.11. The number of thiazole rings is 1. The Kier molecular flexibility index (Phi) is 4.39. The Hall–Kier alpha value is -1.69. The first-order valence-corrected chi connectivity index (χ1v) is 9.77. The average Bonchev–Trinajstić information content (AvgIpc) is 3.06. The number of anilines is 1. The minimum absolute atomic E-state index is 0.196. The van der Waals surface area contributed by atoms with Crippen molar-refractivity contribution in [3.63, 3.8) is 0 Å². The van der Waals surface area contributed by atoms with Crippen LogP contribution in [0.4, 0.5) is 5.13 Å². The van der Waals surface area contributed by atoms with Crippen molar-refractivity contribution in [1.82, 2.24) is 14.9 Å². The van der Waals surface area contributed by atoms with E-state index in [0.717, 1.165) is 73.3 Å². The highest BCUT2D eigenvalue weighted by atomic mass is 32.1. The van der Waals surface area contributed by atoms with E-state index in [4.69, 9.17) is 4.98 Å². The second-order valence-electron chi connectivity index (χ2n) is 7.09. The van der Waals surface area contributed by atoms with Gasteiger partial charge in [-0.05, 0) is 43.7 Å². The van der Waals surface area contributed by atoms with E-state index in [-0.39, 0.29) is 5.92 Å². The van der Waals surface area contributed by atoms with E-state index < -0.39 is 0 Å². The molecule has 4 rings (SSSR count). The summed E-state index contributed by atoms with van der Waals surface area (Å²) in [6.07, 6.45) is 6.00. The van der Waals surface area contributed by atoms with Gasteiger partial charge in [0.05, 0.1) is 0 Å². The summed E-state index contributed by atoms with van der Waals surface area (Å²) in [6, 6.07) is 3.94. The fourth-order valence-corrected chi connectivity index (χ4v) is 4.66. The maximum Gasteiger partial charge on any atom is 0.225 e. The molecule has 0 aliphatic carbocycles. The number of likely N-dealkylation sites (tertiary alicyclic amines) is 1. The van der Waals surface area contributed by atoms with Crippen LogP contribution in [-0.2, 0) is 4.79 Å². The molecule has 0 spiro atoms. The molecule has 6 heteroatoms. The molecule has 0 saturated carbocycles. The quantitative estimate of drug-likeness (QED) is 0.840. The zero-order valence-electron chi connectivity index (χ0n) is 14.1. The number of carbonyl (C=O) groups is 1. The maximum absolute atomic E-state index is 12.7. The molecule has 2 aromatic rings. The number of aromatic nitrogens is 2. The summed E-state index contributed by atoms with van der Waals surface area (Å²) in [6.45, 7) is 6.02. The molecule has 2 aliphatic rings. The van der Waals surface area contributed by atoms with Crippen LogP contribution in [0.15, 0.2) is 18.3 Å². The molecule has 128 valence electrons. The highest BCUT2D eigenvalue weighted by Crippen LogP contribution is 2.31. The number of amides is 1. The molecule has 24 heavy (non-hydrogen) atoms. The van der Waals surface area contributed by atoms with E-state index in [1.54, 1.807) is 11.3 Å². The van der Waals surface area contributed by atoms with Crippen molar-refractivity contribution in [1.29, 1.82) is 0 Å². The van der Waals surface area contributed by atoms with Crippen molar-refractivity contribution in [3.8, 4) is 0 Å². The minimum Gasteiger partial charge on any atom is -0.348 e. The van der Waals surface area contributed by atoms with Crippen molar-refractivity contribution >= 4 is 32.7 Å². The second kappa shape index (κ2) is 6.67. The number of pyridine rings is 1. The summed E-state index contributed by atoms with van der Waals surface area (Å²) in [7, 11) is 0. The normalized spacial score (nSPS) is 20.7. The van der Waals surface area contributed by atoms with Crippen molar-refractivity contribution in [2.45, 2.75) is 32.6 Å². The first-order chi connectivity index (χ1) is 11.7. The van der Waals surface area contributed by atoms with E-state index >= 15 is 0 Å². The third-order valence-electron chi connectivity index (χ3n) is 5.37. The van der Waals surface area contributed by atoms with Crippen LogP contribution in [0.2, 0.25) is 0 Å². The van der Waals surface area contributed by atoms with Crippen molar-refractivity contribution < 1.29 is 4.79 Å². The van der Waals surface area contributed by atoms with Gasteiger partial charge in [0, 0.05) is 38.3 Å². The Morgan fingerprint density at radius 1 is 1.17 bits per heavy atom. The number of fused-ring (bicyclic) bond motifs is 1. The van der Waals surface area contributed by atoms with Crippen LogP contribution in [0.3, 0.4) is 0 Å². The lowest BCUT2D eigenvalue weighted by Crippen LogP contribution is -2.45. The van der Waals surface area contributed by atoms with E-state index in [9.17, 15) is 4.79 Å². The van der Waals surface area contributed by atoms with Gasteiger partial charge >= 0.3 is 0 Å². The molecule has 2 aromatic heterocycles. The van der Waals surface area contributed by atoms with Gasteiger partial charge in [-0.1, -0.05) is 18.3 Å². The van der Waals surface area contributed by atoms with Gasteiger partial charge in [-0.15, -0.1) is 0 Å². The predicted octanol–water partition coefficient (Wildman–Crippen LogP) is 3.17. The van der Waals surface area contributed by atoms with Crippen LogP contribution in [0.5, 0.6) is 0 Å². The SMILES string of the molecule is CC1CCN(C(=O)C2CCN(c3nc4cccnc4s3)CC2)CC1. The topological polar surface area (TPSA) is 49.3 Å². The van der Waals surface area contributed by atoms with Gasteiger partial charge in [0.25, 0.3) is 0 Å². The van der Waals surface area contributed by atoms with Crippen LogP contribution >= 0.6 is 11.3 Å². The Balaban J connectivity index is 1.37. The number of rotatable bonds is 2. The molecule has 0 atom stereocenters. The standard InChI is InChI=1S/C18H24N4OS/c1-13-4-9-21(10-5-13)17(23)14-6-11-22(12-7-14)18-20-15-3-2-8-19-16(15)24-18/h2-3,8,13-14H,4-7,9-12H2,1H3. The fraction of sp³-hybridized carbons (Fsp3) is 0.611. The second-order valence-corrected chi connectivity index (χ2v) is 8.05. The Labute approximate surface area is 146 Å². The Morgan fingerprint density at radius 3 is 2.62 bits per heavy atom. The summed E-state index contributed by atoms with van der Waals surface area (Å²) < 4.78 is 0. The monoisotopic (exact) mass is 344 g/mol. The molecule has 2 fully saturated rings. The maximum atomic E-state index is 12.7.